The summed E-state index contributed by atoms with van der Waals surface area (Å²) in [6.07, 6.45) is 0. The van der Waals surface area contributed by atoms with Crippen molar-refractivity contribution in [3.63, 3.8) is 0 Å². The van der Waals surface area contributed by atoms with Gasteiger partial charge in [0.25, 0.3) is 5.19 Å². The Morgan fingerprint density at radius 3 is 2.88 bits per heavy atom. The monoisotopic (exact) mass is 299 g/mol. The smallest absolute Gasteiger partial charge is 0.299 e. The number of rotatable bonds is 3. The molecular formula is C10H10BrN3OS. The highest BCUT2D eigenvalue weighted by atomic mass is 79.9. The van der Waals surface area contributed by atoms with Crippen molar-refractivity contribution < 1.29 is 4.74 Å². The van der Waals surface area contributed by atoms with Gasteiger partial charge >= 0.3 is 0 Å². The highest BCUT2D eigenvalue weighted by Gasteiger charge is 2.07. The third-order valence-corrected chi connectivity index (χ3v) is 3.35. The van der Waals surface area contributed by atoms with Crippen molar-refractivity contribution in [3.05, 3.63) is 33.2 Å². The van der Waals surface area contributed by atoms with E-state index in [1.165, 1.54) is 16.9 Å². The quantitative estimate of drug-likeness (QED) is 0.947. The number of nitrogens with two attached hydrogens (primary N) is 1. The van der Waals surface area contributed by atoms with Crippen LogP contribution in [0.1, 0.15) is 10.6 Å². The molecule has 16 heavy (non-hydrogen) atoms. The van der Waals surface area contributed by atoms with Crippen molar-refractivity contribution in [2.45, 2.75) is 13.5 Å². The van der Waals surface area contributed by atoms with E-state index in [4.69, 9.17) is 10.5 Å². The third-order valence-electron chi connectivity index (χ3n) is 1.91. The Kier molecular flexibility index (Phi) is 3.52. The van der Waals surface area contributed by atoms with Gasteiger partial charge in [0, 0.05) is 6.54 Å². The van der Waals surface area contributed by atoms with Gasteiger partial charge in [0.15, 0.2) is 0 Å². The first-order valence-corrected chi connectivity index (χ1v) is 6.26. The number of nitrogens with zero attached hydrogens (tertiary/aromatic N) is 2. The minimum absolute atomic E-state index is 0.385. The molecule has 1 aromatic heterocycles. The summed E-state index contributed by atoms with van der Waals surface area (Å²) < 4.78 is 6.49. The fraction of sp³-hybridized carbons (Fsp3) is 0.200. The largest absolute Gasteiger partial charge is 0.429 e. The molecule has 0 amide bonds. The van der Waals surface area contributed by atoms with Crippen molar-refractivity contribution in [3.8, 4) is 10.9 Å². The maximum absolute atomic E-state index is 5.59. The molecule has 1 aromatic carbocycles. The second-order valence-corrected chi connectivity index (χ2v) is 5.08. The minimum atomic E-state index is 0.385. The summed E-state index contributed by atoms with van der Waals surface area (Å²) in [5, 5.41) is 9.04. The SMILES string of the molecule is Cc1ccc(Oc2nnc(CN)s2)c(Br)c1. The first kappa shape index (κ1) is 11.5. The predicted molar refractivity (Wildman–Crippen MR) is 66.8 cm³/mol. The zero-order chi connectivity index (χ0) is 11.5. The van der Waals surface area contributed by atoms with E-state index in [9.17, 15) is 0 Å². The summed E-state index contributed by atoms with van der Waals surface area (Å²) in [5.41, 5.74) is 6.62. The van der Waals surface area contributed by atoms with Gasteiger partial charge in [-0.2, -0.15) is 0 Å². The molecule has 0 bridgehead atoms. The van der Waals surface area contributed by atoms with Gasteiger partial charge in [-0.15, -0.1) is 5.10 Å². The zero-order valence-electron chi connectivity index (χ0n) is 8.61. The Morgan fingerprint density at radius 1 is 1.44 bits per heavy atom. The summed E-state index contributed by atoms with van der Waals surface area (Å²) in [4.78, 5) is 0. The molecule has 0 aliphatic carbocycles. The molecule has 2 N–H and O–H groups in total. The van der Waals surface area contributed by atoms with Crippen molar-refractivity contribution in [1.29, 1.82) is 0 Å². The molecule has 0 fully saturated rings. The van der Waals surface area contributed by atoms with E-state index in [-0.39, 0.29) is 0 Å². The third kappa shape index (κ3) is 2.58. The normalized spacial score (nSPS) is 10.4. The lowest BCUT2D eigenvalue weighted by Gasteiger charge is -2.04. The van der Waals surface area contributed by atoms with Crippen molar-refractivity contribution >= 4 is 27.3 Å². The van der Waals surface area contributed by atoms with Gasteiger partial charge in [0.2, 0.25) is 0 Å². The number of halogens is 1. The van der Waals surface area contributed by atoms with E-state index < -0.39 is 0 Å². The molecular weight excluding hydrogens is 290 g/mol. The second-order valence-electron chi connectivity index (χ2n) is 3.20. The van der Waals surface area contributed by atoms with E-state index in [0.29, 0.717) is 11.7 Å². The summed E-state index contributed by atoms with van der Waals surface area (Å²) in [5.74, 6) is 0.727. The topological polar surface area (TPSA) is 61.0 Å². The molecule has 0 saturated carbocycles. The Hall–Kier alpha value is -0.980. The molecule has 6 heteroatoms. The predicted octanol–water partition coefficient (Wildman–Crippen LogP) is 2.86. The molecule has 84 valence electrons. The Labute approximate surface area is 106 Å². The van der Waals surface area contributed by atoms with Crippen LogP contribution in [0.4, 0.5) is 0 Å². The molecule has 0 saturated heterocycles. The van der Waals surface area contributed by atoms with Gasteiger partial charge < -0.3 is 10.5 Å². The number of ether oxygens (including phenoxy) is 1. The van der Waals surface area contributed by atoms with Crippen molar-refractivity contribution in [2.75, 3.05) is 0 Å². The molecule has 0 radical (unpaired) electrons. The van der Waals surface area contributed by atoms with E-state index in [1.807, 2.05) is 25.1 Å². The van der Waals surface area contributed by atoms with Crippen LogP contribution in [-0.2, 0) is 6.54 Å². The molecule has 1 heterocycles. The van der Waals surface area contributed by atoms with E-state index in [2.05, 4.69) is 26.1 Å². The lowest BCUT2D eigenvalue weighted by molar-refractivity contribution is 0.470. The molecule has 0 atom stereocenters. The van der Waals surface area contributed by atoms with Gasteiger partial charge in [-0.1, -0.05) is 22.5 Å². The van der Waals surface area contributed by atoms with Gasteiger partial charge in [-0.3, -0.25) is 0 Å². The number of benzene rings is 1. The van der Waals surface area contributed by atoms with Crippen LogP contribution in [0.5, 0.6) is 10.9 Å². The van der Waals surface area contributed by atoms with Gasteiger partial charge in [0.05, 0.1) is 4.47 Å². The van der Waals surface area contributed by atoms with Crippen LogP contribution in [0.15, 0.2) is 22.7 Å². The number of aromatic nitrogens is 2. The standard InChI is InChI=1S/C10H10BrN3OS/c1-6-2-3-8(7(11)4-6)15-10-14-13-9(5-12)16-10/h2-4H,5,12H2,1H3. The fourth-order valence-electron chi connectivity index (χ4n) is 1.14. The van der Waals surface area contributed by atoms with Crippen LogP contribution < -0.4 is 10.5 Å². The fourth-order valence-corrected chi connectivity index (χ4v) is 2.30. The highest BCUT2D eigenvalue weighted by molar-refractivity contribution is 9.10. The van der Waals surface area contributed by atoms with Gasteiger partial charge in [-0.05, 0) is 40.5 Å². The zero-order valence-corrected chi connectivity index (χ0v) is 11.0. The summed E-state index contributed by atoms with van der Waals surface area (Å²) in [7, 11) is 0. The van der Waals surface area contributed by atoms with E-state index in [0.717, 1.165) is 15.2 Å². The number of hydrogen-bond acceptors (Lipinski definition) is 5. The Morgan fingerprint density at radius 2 is 2.25 bits per heavy atom. The van der Waals surface area contributed by atoms with Crippen LogP contribution in [0, 0.1) is 6.92 Å². The second kappa shape index (κ2) is 4.90. The first-order chi connectivity index (χ1) is 7.69. The summed E-state index contributed by atoms with van der Waals surface area (Å²) in [6, 6.07) is 5.86. The van der Waals surface area contributed by atoms with Gasteiger partial charge in [0.1, 0.15) is 10.8 Å². The molecule has 0 aliphatic rings. The van der Waals surface area contributed by atoms with Crippen LogP contribution in [0.3, 0.4) is 0 Å². The molecule has 2 aromatic rings. The maximum atomic E-state index is 5.59. The molecule has 4 nitrogen and oxygen atoms in total. The molecule has 0 unspecified atom stereocenters. The van der Waals surface area contributed by atoms with E-state index >= 15 is 0 Å². The Bertz CT molecular complexity index is 501. The van der Waals surface area contributed by atoms with Crippen LogP contribution >= 0.6 is 27.3 Å². The number of hydrogen-bond donors (Lipinski definition) is 1. The van der Waals surface area contributed by atoms with Crippen LogP contribution in [0.25, 0.3) is 0 Å². The van der Waals surface area contributed by atoms with Gasteiger partial charge in [-0.25, -0.2) is 0 Å². The van der Waals surface area contributed by atoms with Crippen LogP contribution in [0.2, 0.25) is 0 Å². The van der Waals surface area contributed by atoms with Crippen LogP contribution in [-0.4, -0.2) is 10.2 Å². The summed E-state index contributed by atoms with van der Waals surface area (Å²) >= 11 is 4.79. The average Bonchev–Trinajstić information content (AvgIpc) is 2.70. The summed E-state index contributed by atoms with van der Waals surface area (Å²) in [6.45, 7) is 2.40. The van der Waals surface area contributed by atoms with Crippen molar-refractivity contribution in [2.24, 2.45) is 5.73 Å². The maximum Gasteiger partial charge on any atom is 0.299 e. The molecule has 0 spiro atoms. The minimum Gasteiger partial charge on any atom is -0.429 e. The van der Waals surface area contributed by atoms with Crippen molar-refractivity contribution in [1.82, 2.24) is 10.2 Å². The van der Waals surface area contributed by atoms with E-state index in [1.54, 1.807) is 0 Å². The molecule has 0 aliphatic heterocycles. The Balaban J connectivity index is 2.20. The lowest BCUT2D eigenvalue weighted by Crippen LogP contribution is -1.94. The molecule has 2 rings (SSSR count). The first-order valence-electron chi connectivity index (χ1n) is 4.65. The lowest BCUT2D eigenvalue weighted by atomic mass is 10.2. The average molecular weight is 300 g/mol. The number of aryl methyl sites for hydroxylation is 1. The highest BCUT2D eigenvalue weighted by Crippen LogP contribution is 2.31.